The average molecular weight is 410 g/mol. The molecule has 2 aromatic carbocycles. The number of nitrogens with one attached hydrogen (secondary N) is 1. The van der Waals surface area contributed by atoms with E-state index < -0.39 is 10.8 Å². The first-order valence-corrected chi connectivity index (χ1v) is 9.79. The van der Waals surface area contributed by atoms with Gasteiger partial charge in [-0.3, -0.25) is 24.6 Å². The quantitative estimate of drug-likeness (QED) is 0.577. The van der Waals surface area contributed by atoms with Crippen LogP contribution in [0.3, 0.4) is 0 Å². The maximum absolute atomic E-state index is 12.5. The third kappa shape index (κ3) is 4.19. The van der Waals surface area contributed by atoms with Crippen LogP contribution in [0.25, 0.3) is 0 Å². The van der Waals surface area contributed by atoms with Gasteiger partial charge in [-0.2, -0.15) is 0 Å². The lowest BCUT2D eigenvalue weighted by Gasteiger charge is -2.28. The van der Waals surface area contributed by atoms with E-state index in [2.05, 4.69) is 22.3 Å². The zero-order valence-corrected chi connectivity index (χ0v) is 16.3. The number of ether oxygens (including phenoxy) is 1. The van der Waals surface area contributed by atoms with Crippen LogP contribution in [0.1, 0.15) is 6.42 Å². The molecule has 4 rings (SSSR count). The number of para-hydroxylation sites is 1. The molecule has 1 fully saturated rings. The fourth-order valence-electron chi connectivity index (χ4n) is 3.81. The number of anilines is 2. The van der Waals surface area contributed by atoms with Crippen molar-refractivity contribution in [2.45, 2.75) is 6.42 Å². The van der Waals surface area contributed by atoms with Gasteiger partial charge in [0, 0.05) is 37.5 Å². The van der Waals surface area contributed by atoms with Crippen LogP contribution in [0, 0.1) is 16.0 Å². The van der Waals surface area contributed by atoms with Gasteiger partial charge < -0.3 is 15.0 Å². The van der Waals surface area contributed by atoms with E-state index in [4.69, 9.17) is 4.74 Å². The normalized spacial score (nSPS) is 18.0. The topological polar surface area (TPSA) is 105 Å². The zero-order valence-electron chi connectivity index (χ0n) is 16.3. The van der Waals surface area contributed by atoms with E-state index in [9.17, 15) is 19.7 Å². The molecule has 0 aromatic heterocycles. The van der Waals surface area contributed by atoms with E-state index in [1.807, 2.05) is 18.2 Å². The molecule has 9 nitrogen and oxygen atoms in total. The van der Waals surface area contributed by atoms with Crippen molar-refractivity contribution in [2.24, 2.45) is 5.92 Å². The Morgan fingerprint density at radius 1 is 1.23 bits per heavy atom. The number of nitro benzene ring substituents is 1. The Hall–Kier alpha value is -3.62. The van der Waals surface area contributed by atoms with Gasteiger partial charge in [-0.15, -0.1) is 0 Å². The second kappa shape index (κ2) is 8.40. The summed E-state index contributed by atoms with van der Waals surface area (Å²) in [6.45, 7) is 1.90. The average Bonchev–Trinajstić information content (AvgIpc) is 3.24. The highest BCUT2D eigenvalue weighted by Gasteiger charge is 2.30. The minimum atomic E-state index is -0.545. The fraction of sp³-hybridized carbons (Fsp3) is 0.333. The number of carbonyl (C=O) groups is 2. The number of benzene rings is 2. The summed E-state index contributed by atoms with van der Waals surface area (Å²) in [7, 11) is 0. The highest BCUT2D eigenvalue weighted by atomic mass is 16.6. The van der Waals surface area contributed by atoms with Crippen LogP contribution in [0.4, 0.5) is 17.1 Å². The number of rotatable bonds is 6. The van der Waals surface area contributed by atoms with Gasteiger partial charge in [-0.25, -0.2) is 0 Å². The lowest BCUT2D eigenvalue weighted by molar-refractivity contribution is -0.384. The molecular weight excluding hydrogens is 388 g/mol. The Bertz CT molecular complexity index is 965. The van der Waals surface area contributed by atoms with Crippen LogP contribution in [-0.2, 0) is 9.59 Å². The third-order valence-corrected chi connectivity index (χ3v) is 5.39. The number of fused-ring (bicyclic) bond motifs is 1. The molecule has 2 aliphatic rings. The highest BCUT2D eigenvalue weighted by molar-refractivity contribution is 6.02. The predicted molar refractivity (Wildman–Crippen MR) is 111 cm³/mol. The van der Waals surface area contributed by atoms with Gasteiger partial charge in [0.25, 0.3) is 11.6 Å². The molecule has 2 amide bonds. The molecule has 1 N–H and O–H groups in total. The molecule has 1 atom stereocenters. The van der Waals surface area contributed by atoms with Crippen molar-refractivity contribution >= 4 is 28.9 Å². The van der Waals surface area contributed by atoms with Crippen molar-refractivity contribution in [1.29, 1.82) is 0 Å². The number of nitro groups is 1. The van der Waals surface area contributed by atoms with E-state index in [0.29, 0.717) is 18.2 Å². The van der Waals surface area contributed by atoms with Crippen LogP contribution in [0.15, 0.2) is 48.5 Å². The van der Waals surface area contributed by atoms with Crippen molar-refractivity contribution in [3.8, 4) is 5.75 Å². The molecular formula is C21H22N4O5. The summed E-state index contributed by atoms with van der Waals surface area (Å²) >= 11 is 0. The van der Waals surface area contributed by atoms with Crippen molar-refractivity contribution in [3.63, 3.8) is 0 Å². The van der Waals surface area contributed by atoms with E-state index >= 15 is 0 Å². The Labute approximate surface area is 173 Å². The molecule has 2 aliphatic heterocycles. The molecule has 0 spiro atoms. The van der Waals surface area contributed by atoms with Crippen molar-refractivity contribution in [2.75, 3.05) is 42.6 Å². The molecule has 2 aromatic rings. The van der Waals surface area contributed by atoms with Crippen LogP contribution < -0.4 is 19.9 Å². The van der Waals surface area contributed by atoms with Crippen LogP contribution in [0.2, 0.25) is 0 Å². The number of carbonyl (C=O) groups excluding carboxylic acids is 2. The van der Waals surface area contributed by atoms with Gasteiger partial charge in [-0.05, 0) is 30.5 Å². The first-order chi connectivity index (χ1) is 14.5. The largest absolute Gasteiger partial charge is 0.482 e. The van der Waals surface area contributed by atoms with Crippen molar-refractivity contribution in [3.05, 3.63) is 58.6 Å². The highest BCUT2D eigenvalue weighted by Crippen LogP contribution is 2.35. The van der Waals surface area contributed by atoms with Gasteiger partial charge in [0.15, 0.2) is 6.61 Å². The number of hydrogen-bond donors (Lipinski definition) is 1. The van der Waals surface area contributed by atoms with E-state index in [-0.39, 0.29) is 30.4 Å². The fourth-order valence-corrected chi connectivity index (χ4v) is 3.81. The van der Waals surface area contributed by atoms with Crippen LogP contribution in [-0.4, -0.2) is 49.5 Å². The summed E-state index contributed by atoms with van der Waals surface area (Å²) in [5.74, 6) is -0.0413. The molecule has 0 bridgehead atoms. The maximum atomic E-state index is 12.5. The Morgan fingerprint density at radius 2 is 2.03 bits per heavy atom. The Kier molecular flexibility index (Phi) is 5.51. The monoisotopic (exact) mass is 410 g/mol. The molecule has 1 unspecified atom stereocenters. The van der Waals surface area contributed by atoms with Gasteiger partial charge in [0.1, 0.15) is 12.3 Å². The summed E-state index contributed by atoms with van der Waals surface area (Å²) in [4.78, 5) is 38.8. The van der Waals surface area contributed by atoms with Crippen LogP contribution in [0.5, 0.6) is 5.75 Å². The lowest BCUT2D eigenvalue weighted by atomic mass is 10.1. The third-order valence-electron chi connectivity index (χ3n) is 5.39. The molecule has 30 heavy (non-hydrogen) atoms. The number of amides is 2. The Balaban J connectivity index is 1.35. The maximum Gasteiger partial charge on any atom is 0.271 e. The second-order valence-corrected chi connectivity index (χ2v) is 7.42. The molecule has 0 aliphatic carbocycles. The number of hydrogen-bond acceptors (Lipinski definition) is 6. The Morgan fingerprint density at radius 3 is 2.80 bits per heavy atom. The second-order valence-electron chi connectivity index (χ2n) is 7.42. The smallest absolute Gasteiger partial charge is 0.271 e. The summed E-state index contributed by atoms with van der Waals surface area (Å²) in [6, 6.07) is 14.2. The molecule has 2 heterocycles. The van der Waals surface area contributed by atoms with Gasteiger partial charge in [0.2, 0.25) is 5.91 Å². The van der Waals surface area contributed by atoms with Crippen molar-refractivity contribution < 1.29 is 19.2 Å². The first kappa shape index (κ1) is 19.7. The summed E-state index contributed by atoms with van der Waals surface area (Å²) < 4.78 is 5.33. The first-order valence-electron chi connectivity index (χ1n) is 9.79. The van der Waals surface area contributed by atoms with E-state index in [1.54, 1.807) is 0 Å². The van der Waals surface area contributed by atoms with Crippen molar-refractivity contribution in [1.82, 2.24) is 5.32 Å². The molecule has 9 heteroatoms. The summed E-state index contributed by atoms with van der Waals surface area (Å²) in [5.41, 5.74) is 1.25. The summed E-state index contributed by atoms with van der Waals surface area (Å²) in [6.07, 6.45) is 0.973. The number of non-ortho nitro benzene ring substituents is 1. The van der Waals surface area contributed by atoms with E-state index in [0.717, 1.165) is 19.5 Å². The van der Waals surface area contributed by atoms with Gasteiger partial charge in [0.05, 0.1) is 10.6 Å². The molecule has 0 radical (unpaired) electrons. The zero-order chi connectivity index (χ0) is 21.1. The van der Waals surface area contributed by atoms with Crippen LogP contribution >= 0.6 is 0 Å². The van der Waals surface area contributed by atoms with E-state index in [1.165, 1.54) is 28.8 Å². The number of nitrogens with zero attached hydrogens (tertiary/aromatic N) is 3. The standard InChI is InChI=1S/C21H22N4O5/c26-20(22-11-15-8-9-23(12-15)16-4-2-1-3-5-16)13-24-18-10-17(25(28)29)6-7-19(18)30-14-21(24)27/h1-7,10,15H,8-9,11-14H2,(H,22,26). The predicted octanol–water partition coefficient (Wildman–Crippen LogP) is 1.96. The van der Waals surface area contributed by atoms with Gasteiger partial charge in [-0.1, -0.05) is 18.2 Å². The SMILES string of the molecule is O=C(CN1C(=O)COc2ccc([N+](=O)[O-])cc21)NCC1CCN(c2ccccc2)C1. The molecule has 1 saturated heterocycles. The minimum absolute atomic E-state index is 0.163. The molecule has 0 saturated carbocycles. The molecule has 156 valence electrons. The summed E-state index contributed by atoms with van der Waals surface area (Å²) in [5, 5.41) is 14.0. The van der Waals surface area contributed by atoms with Gasteiger partial charge >= 0.3 is 0 Å². The minimum Gasteiger partial charge on any atom is -0.482 e. The lowest BCUT2D eigenvalue weighted by Crippen LogP contribution is -2.46.